The van der Waals surface area contributed by atoms with Crippen LogP contribution in [0.25, 0.3) is 0 Å². The van der Waals surface area contributed by atoms with Crippen LogP contribution in [0.2, 0.25) is 0 Å². The third-order valence-electron chi connectivity index (χ3n) is 3.36. The van der Waals surface area contributed by atoms with Crippen molar-refractivity contribution in [3.05, 3.63) is 70.3 Å². The van der Waals surface area contributed by atoms with E-state index in [0.29, 0.717) is 17.2 Å². The van der Waals surface area contributed by atoms with Crippen LogP contribution >= 0.6 is 11.8 Å². The first-order valence-electron chi connectivity index (χ1n) is 6.97. The molecule has 1 aliphatic rings. The predicted molar refractivity (Wildman–Crippen MR) is 89.9 cm³/mol. The van der Waals surface area contributed by atoms with E-state index in [1.807, 2.05) is 30.3 Å². The molecule has 1 amide bonds. The van der Waals surface area contributed by atoms with Gasteiger partial charge in [-0.3, -0.25) is 14.9 Å². The van der Waals surface area contributed by atoms with E-state index in [-0.39, 0.29) is 11.6 Å². The maximum absolute atomic E-state index is 12.1. The van der Waals surface area contributed by atoms with Crippen molar-refractivity contribution in [3.63, 3.8) is 0 Å². The highest BCUT2D eigenvalue weighted by atomic mass is 32.2. The zero-order chi connectivity index (χ0) is 16.2. The van der Waals surface area contributed by atoms with Crippen LogP contribution in [0.1, 0.15) is 5.56 Å². The maximum Gasteiger partial charge on any atom is 0.272 e. The van der Waals surface area contributed by atoms with E-state index in [4.69, 9.17) is 0 Å². The van der Waals surface area contributed by atoms with Crippen LogP contribution in [0.4, 0.5) is 11.4 Å². The molecule has 3 rings (SSSR count). The number of amides is 1. The fourth-order valence-electron chi connectivity index (χ4n) is 2.27. The second-order valence-electron chi connectivity index (χ2n) is 4.94. The number of nitro groups is 1. The van der Waals surface area contributed by atoms with Crippen molar-refractivity contribution in [3.8, 4) is 0 Å². The topological polar surface area (TPSA) is 84.6 Å². The molecular formula is C16H13N3O3S. The Bertz CT molecular complexity index is 777. The number of thioether (sulfide) groups is 1. The van der Waals surface area contributed by atoms with E-state index < -0.39 is 10.2 Å². The Hall–Kier alpha value is -2.67. The zero-order valence-electron chi connectivity index (χ0n) is 12.0. The lowest BCUT2D eigenvalue weighted by Crippen LogP contribution is -2.26. The Labute approximate surface area is 136 Å². The van der Waals surface area contributed by atoms with E-state index in [9.17, 15) is 14.9 Å². The number of nitro benzene ring substituents is 1. The van der Waals surface area contributed by atoms with Gasteiger partial charge in [-0.2, -0.15) is 0 Å². The Morgan fingerprint density at radius 3 is 2.57 bits per heavy atom. The van der Waals surface area contributed by atoms with Crippen molar-refractivity contribution in [2.75, 3.05) is 0 Å². The summed E-state index contributed by atoms with van der Waals surface area (Å²) in [7, 11) is 0. The van der Waals surface area contributed by atoms with Gasteiger partial charge in [0.05, 0.1) is 15.9 Å². The SMILES string of the molecule is O=C1NC(=Nc2ccccc2)S[C@@H]1Cc1ccccc1[N+](=O)[O-]. The summed E-state index contributed by atoms with van der Waals surface area (Å²) >= 11 is 1.30. The molecule has 0 saturated carbocycles. The standard InChI is InChI=1S/C16H13N3O3S/c20-15-14(10-11-6-4-5-9-13(11)19(21)22)23-16(18-15)17-12-7-2-1-3-8-12/h1-9,14H,10H2,(H,17,18,20)/t14-/m1/s1. The average Bonchev–Trinajstić information content (AvgIpc) is 2.88. The van der Waals surface area contributed by atoms with E-state index in [0.717, 1.165) is 5.69 Å². The molecule has 23 heavy (non-hydrogen) atoms. The van der Waals surface area contributed by atoms with Crippen LogP contribution in [0.15, 0.2) is 59.6 Å². The summed E-state index contributed by atoms with van der Waals surface area (Å²) in [6.07, 6.45) is 0.293. The minimum atomic E-state index is -0.425. The van der Waals surface area contributed by atoms with Crippen molar-refractivity contribution in [1.82, 2.24) is 5.32 Å². The van der Waals surface area contributed by atoms with E-state index in [1.165, 1.54) is 17.8 Å². The highest BCUT2D eigenvalue weighted by Crippen LogP contribution is 2.28. The number of hydrogen-bond donors (Lipinski definition) is 1. The molecule has 1 heterocycles. The first-order valence-corrected chi connectivity index (χ1v) is 7.85. The molecule has 1 saturated heterocycles. The van der Waals surface area contributed by atoms with Gasteiger partial charge in [-0.05, 0) is 12.1 Å². The molecule has 1 aliphatic heterocycles. The number of benzene rings is 2. The predicted octanol–water partition coefficient (Wildman–Crippen LogP) is 3.06. The summed E-state index contributed by atoms with van der Waals surface area (Å²) in [6, 6.07) is 15.8. The van der Waals surface area contributed by atoms with Gasteiger partial charge in [-0.25, -0.2) is 4.99 Å². The van der Waals surface area contributed by atoms with E-state index in [1.54, 1.807) is 18.2 Å². The number of rotatable bonds is 4. The fourth-order valence-corrected chi connectivity index (χ4v) is 3.29. The monoisotopic (exact) mass is 327 g/mol. The van der Waals surface area contributed by atoms with Crippen LogP contribution in [-0.4, -0.2) is 21.2 Å². The largest absolute Gasteiger partial charge is 0.304 e. The zero-order valence-corrected chi connectivity index (χ0v) is 12.8. The number of para-hydroxylation sites is 2. The summed E-state index contributed by atoms with van der Waals surface area (Å²) in [5.74, 6) is -0.178. The fraction of sp³-hybridized carbons (Fsp3) is 0.125. The van der Waals surface area contributed by atoms with Gasteiger partial charge in [0.15, 0.2) is 5.17 Å². The molecule has 1 N–H and O–H groups in total. The number of hydrogen-bond acceptors (Lipinski definition) is 5. The summed E-state index contributed by atoms with van der Waals surface area (Å²) < 4.78 is 0. The number of amidine groups is 1. The summed E-state index contributed by atoms with van der Waals surface area (Å²) in [6.45, 7) is 0. The smallest absolute Gasteiger partial charge is 0.272 e. The average molecular weight is 327 g/mol. The molecule has 1 fully saturated rings. The number of nitrogens with zero attached hydrogens (tertiary/aromatic N) is 2. The first kappa shape index (κ1) is 15.2. The van der Waals surface area contributed by atoms with Crippen LogP contribution in [-0.2, 0) is 11.2 Å². The molecule has 0 aromatic heterocycles. The lowest BCUT2D eigenvalue weighted by molar-refractivity contribution is -0.385. The molecule has 0 bridgehead atoms. The molecule has 7 heteroatoms. The molecule has 0 spiro atoms. The highest BCUT2D eigenvalue weighted by Gasteiger charge is 2.32. The second kappa shape index (κ2) is 6.62. The summed E-state index contributed by atoms with van der Waals surface area (Å²) in [5, 5.41) is 13.9. The van der Waals surface area contributed by atoms with Gasteiger partial charge < -0.3 is 5.32 Å². The third-order valence-corrected chi connectivity index (χ3v) is 4.44. The Kier molecular flexibility index (Phi) is 4.38. The molecule has 0 radical (unpaired) electrons. The molecule has 116 valence electrons. The number of nitrogens with one attached hydrogen (secondary N) is 1. The molecule has 2 aromatic rings. The molecule has 6 nitrogen and oxygen atoms in total. The van der Waals surface area contributed by atoms with Gasteiger partial charge in [-0.15, -0.1) is 0 Å². The normalized spacial score (nSPS) is 18.9. The summed E-state index contributed by atoms with van der Waals surface area (Å²) in [5.41, 5.74) is 1.34. The van der Waals surface area contributed by atoms with Gasteiger partial charge in [0, 0.05) is 18.1 Å². The van der Waals surface area contributed by atoms with Gasteiger partial charge in [0.25, 0.3) is 5.69 Å². The molecule has 1 atom stereocenters. The van der Waals surface area contributed by atoms with E-state index >= 15 is 0 Å². The minimum absolute atomic E-state index is 0.0364. The van der Waals surface area contributed by atoms with Crippen molar-refractivity contribution < 1.29 is 9.72 Å². The summed E-state index contributed by atoms with van der Waals surface area (Å²) in [4.78, 5) is 27.1. The van der Waals surface area contributed by atoms with Crippen molar-refractivity contribution in [2.45, 2.75) is 11.7 Å². The molecule has 2 aromatic carbocycles. The van der Waals surface area contributed by atoms with Crippen molar-refractivity contribution in [2.24, 2.45) is 4.99 Å². The van der Waals surface area contributed by atoms with Crippen LogP contribution in [0, 0.1) is 10.1 Å². The number of carbonyl (C=O) groups excluding carboxylic acids is 1. The van der Waals surface area contributed by atoms with Crippen LogP contribution in [0.5, 0.6) is 0 Å². The van der Waals surface area contributed by atoms with Gasteiger partial charge in [0.1, 0.15) is 0 Å². The van der Waals surface area contributed by atoms with Gasteiger partial charge in [0.2, 0.25) is 5.91 Å². The van der Waals surface area contributed by atoms with Crippen LogP contribution in [0.3, 0.4) is 0 Å². The van der Waals surface area contributed by atoms with Crippen molar-refractivity contribution in [1.29, 1.82) is 0 Å². The number of aliphatic imine (C=N–C) groups is 1. The van der Waals surface area contributed by atoms with Crippen molar-refractivity contribution >= 4 is 34.2 Å². The lowest BCUT2D eigenvalue weighted by Gasteiger charge is -2.05. The lowest BCUT2D eigenvalue weighted by atomic mass is 10.1. The molecule has 0 unspecified atom stereocenters. The highest BCUT2D eigenvalue weighted by molar-refractivity contribution is 8.15. The molecular weight excluding hydrogens is 314 g/mol. The Morgan fingerprint density at radius 1 is 1.13 bits per heavy atom. The Balaban J connectivity index is 1.77. The number of carbonyl (C=O) groups is 1. The first-order chi connectivity index (χ1) is 11.1. The molecule has 0 aliphatic carbocycles. The quantitative estimate of drug-likeness (QED) is 0.691. The second-order valence-corrected chi connectivity index (χ2v) is 6.13. The van der Waals surface area contributed by atoms with Crippen LogP contribution < -0.4 is 5.32 Å². The minimum Gasteiger partial charge on any atom is -0.304 e. The van der Waals surface area contributed by atoms with Gasteiger partial charge in [-0.1, -0.05) is 48.2 Å². The third kappa shape index (κ3) is 3.57. The Morgan fingerprint density at radius 2 is 1.83 bits per heavy atom. The maximum atomic E-state index is 12.1. The van der Waals surface area contributed by atoms with Gasteiger partial charge >= 0.3 is 0 Å². The van der Waals surface area contributed by atoms with E-state index in [2.05, 4.69) is 10.3 Å².